The molecule has 0 aliphatic carbocycles. The first kappa shape index (κ1) is 12.9. The second-order valence-electron chi connectivity index (χ2n) is 3.98. The van der Waals surface area contributed by atoms with Crippen LogP contribution in [0, 0.1) is 6.92 Å². The van der Waals surface area contributed by atoms with Crippen LogP contribution in [0.3, 0.4) is 0 Å². The number of ether oxygens (including phenoxy) is 1. The molecule has 100 valence electrons. The zero-order valence-electron chi connectivity index (χ0n) is 10.8. The molecule has 0 saturated carbocycles. The summed E-state index contributed by atoms with van der Waals surface area (Å²) >= 11 is 0. The van der Waals surface area contributed by atoms with Crippen LogP contribution in [-0.4, -0.2) is 18.1 Å². The molecule has 6 heteroatoms. The molecular weight excluding hydrogens is 246 g/mol. The van der Waals surface area contributed by atoms with Crippen molar-refractivity contribution in [3.05, 3.63) is 41.6 Å². The van der Waals surface area contributed by atoms with Gasteiger partial charge in [0.2, 0.25) is 5.89 Å². The van der Waals surface area contributed by atoms with Gasteiger partial charge < -0.3 is 20.2 Å². The highest BCUT2D eigenvalue weighted by Crippen LogP contribution is 2.23. The molecule has 0 spiro atoms. The van der Waals surface area contributed by atoms with Crippen molar-refractivity contribution in [2.75, 3.05) is 18.2 Å². The molecule has 0 amide bonds. The van der Waals surface area contributed by atoms with Crippen molar-refractivity contribution in [2.24, 2.45) is 0 Å². The quantitative estimate of drug-likeness (QED) is 0.646. The van der Waals surface area contributed by atoms with E-state index in [0.29, 0.717) is 29.4 Å². The first-order valence-corrected chi connectivity index (χ1v) is 5.74. The minimum absolute atomic E-state index is 0.330. The lowest BCUT2D eigenvalue weighted by Crippen LogP contribution is -2.09. The molecular formula is C13H15N3O3. The van der Waals surface area contributed by atoms with Crippen LogP contribution in [0.4, 0.5) is 11.4 Å². The molecule has 3 N–H and O–H groups in total. The highest BCUT2D eigenvalue weighted by atomic mass is 16.5. The van der Waals surface area contributed by atoms with E-state index in [1.807, 2.05) is 6.92 Å². The summed E-state index contributed by atoms with van der Waals surface area (Å²) in [6.07, 6.45) is 1.64. The molecule has 1 aromatic heterocycles. The third-order valence-corrected chi connectivity index (χ3v) is 2.61. The molecule has 0 radical (unpaired) electrons. The largest absolute Gasteiger partial charge is 0.465 e. The summed E-state index contributed by atoms with van der Waals surface area (Å²) in [7, 11) is 1.32. The van der Waals surface area contributed by atoms with Crippen molar-refractivity contribution < 1.29 is 13.9 Å². The number of anilines is 2. The number of nitrogens with one attached hydrogen (secondary N) is 1. The molecule has 0 bridgehead atoms. The molecule has 2 rings (SSSR count). The van der Waals surface area contributed by atoms with E-state index >= 15 is 0 Å². The van der Waals surface area contributed by atoms with Crippen LogP contribution in [0.2, 0.25) is 0 Å². The Morgan fingerprint density at radius 2 is 2.32 bits per heavy atom. The highest BCUT2D eigenvalue weighted by Gasteiger charge is 2.12. The van der Waals surface area contributed by atoms with Crippen LogP contribution < -0.4 is 11.1 Å². The zero-order chi connectivity index (χ0) is 13.8. The zero-order valence-corrected chi connectivity index (χ0v) is 10.8. The summed E-state index contributed by atoms with van der Waals surface area (Å²) in [5.41, 5.74) is 7.23. The number of methoxy groups -OCH3 is 1. The Morgan fingerprint density at radius 1 is 1.53 bits per heavy atom. The van der Waals surface area contributed by atoms with Gasteiger partial charge >= 0.3 is 5.97 Å². The fourth-order valence-electron chi connectivity index (χ4n) is 1.66. The van der Waals surface area contributed by atoms with Crippen LogP contribution in [0.15, 0.2) is 28.8 Å². The van der Waals surface area contributed by atoms with Crippen LogP contribution in [-0.2, 0) is 11.3 Å². The Kier molecular flexibility index (Phi) is 3.70. The smallest absolute Gasteiger partial charge is 0.340 e. The van der Waals surface area contributed by atoms with Crippen molar-refractivity contribution in [1.82, 2.24) is 4.98 Å². The fourth-order valence-corrected chi connectivity index (χ4v) is 1.66. The SMILES string of the molecule is COC(=O)c1cccc(NCc2ncc(C)o2)c1N. The Bertz CT molecular complexity index is 593. The Labute approximate surface area is 110 Å². The van der Waals surface area contributed by atoms with Gasteiger partial charge in [-0.3, -0.25) is 0 Å². The molecule has 19 heavy (non-hydrogen) atoms. The van der Waals surface area contributed by atoms with E-state index in [0.717, 1.165) is 5.76 Å². The molecule has 1 heterocycles. The molecule has 0 saturated heterocycles. The van der Waals surface area contributed by atoms with E-state index in [-0.39, 0.29) is 0 Å². The van der Waals surface area contributed by atoms with Gasteiger partial charge in [-0.25, -0.2) is 9.78 Å². The van der Waals surface area contributed by atoms with Crippen LogP contribution in [0.25, 0.3) is 0 Å². The molecule has 1 aromatic carbocycles. The number of para-hydroxylation sites is 1. The van der Waals surface area contributed by atoms with Crippen molar-refractivity contribution >= 4 is 17.3 Å². The van der Waals surface area contributed by atoms with Gasteiger partial charge in [0.1, 0.15) is 5.76 Å². The van der Waals surface area contributed by atoms with E-state index in [9.17, 15) is 4.79 Å². The van der Waals surface area contributed by atoms with E-state index in [2.05, 4.69) is 15.0 Å². The summed E-state index contributed by atoms with van der Waals surface area (Å²) in [5.74, 6) is 0.835. The first-order chi connectivity index (χ1) is 9.11. The Hall–Kier alpha value is -2.50. The number of aryl methyl sites for hydroxylation is 1. The second-order valence-corrected chi connectivity index (χ2v) is 3.98. The maximum atomic E-state index is 11.5. The predicted octanol–water partition coefficient (Wildman–Crippen LogP) is 1.96. The monoisotopic (exact) mass is 261 g/mol. The summed E-state index contributed by atoms with van der Waals surface area (Å²) in [5, 5.41) is 3.07. The van der Waals surface area contributed by atoms with Crippen LogP contribution in [0.5, 0.6) is 0 Å². The summed E-state index contributed by atoms with van der Waals surface area (Å²) in [4.78, 5) is 15.6. The van der Waals surface area contributed by atoms with Gasteiger partial charge in [-0.15, -0.1) is 0 Å². The van der Waals surface area contributed by atoms with Crippen molar-refractivity contribution in [3.8, 4) is 0 Å². The highest BCUT2D eigenvalue weighted by molar-refractivity contribution is 5.98. The Morgan fingerprint density at radius 3 is 2.95 bits per heavy atom. The number of carbonyl (C=O) groups is 1. The van der Waals surface area contributed by atoms with Gasteiger partial charge in [-0.1, -0.05) is 6.07 Å². The number of hydrogen-bond donors (Lipinski definition) is 2. The molecule has 0 aliphatic rings. The minimum Gasteiger partial charge on any atom is -0.465 e. The van der Waals surface area contributed by atoms with Crippen molar-refractivity contribution in [3.63, 3.8) is 0 Å². The van der Waals surface area contributed by atoms with Gasteiger partial charge in [0.05, 0.1) is 36.8 Å². The summed E-state index contributed by atoms with van der Waals surface area (Å²) in [6.45, 7) is 2.21. The topological polar surface area (TPSA) is 90.4 Å². The summed E-state index contributed by atoms with van der Waals surface area (Å²) in [6, 6.07) is 5.12. The van der Waals surface area contributed by atoms with E-state index in [1.54, 1.807) is 24.4 Å². The first-order valence-electron chi connectivity index (χ1n) is 5.74. The van der Waals surface area contributed by atoms with Gasteiger partial charge in [0.25, 0.3) is 0 Å². The average molecular weight is 261 g/mol. The number of esters is 1. The van der Waals surface area contributed by atoms with Crippen LogP contribution in [0.1, 0.15) is 22.0 Å². The molecule has 2 aromatic rings. The third-order valence-electron chi connectivity index (χ3n) is 2.61. The number of nitrogens with zero attached hydrogens (tertiary/aromatic N) is 1. The lowest BCUT2D eigenvalue weighted by atomic mass is 10.1. The number of oxazole rings is 1. The number of aromatic nitrogens is 1. The summed E-state index contributed by atoms with van der Waals surface area (Å²) < 4.78 is 10.00. The van der Waals surface area contributed by atoms with E-state index in [4.69, 9.17) is 10.2 Å². The fraction of sp³-hybridized carbons (Fsp3) is 0.231. The normalized spacial score (nSPS) is 10.2. The van der Waals surface area contributed by atoms with Gasteiger partial charge in [0, 0.05) is 0 Å². The molecule has 0 unspecified atom stereocenters. The third kappa shape index (κ3) is 2.85. The van der Waals surface area contributed by atoms with Crippen molar-refractivity contribution in [2.45, 2.75) is 13.5 Å². The number of benzene rings is 1. The lowest BCUT2D eigenvalue weighted by Gasteiger charge is -2.10. The number of hydrogen-bond acceptors (Lipinski definition) is 6. The number of nitrogen functional groups attached to an aromatic ring is 1. The average Bonchev–Trinajstić information content (AvgIpc) is 2.82. The van der Waals surface area contributed by atoms with Crippen LogP contribution >= 0.6 is 0 Å². The second kappa shape index (κ2) is 5.43. The lowest BCUT2D eigenvalue weighted by molar-refractivity contribution is 0.0602. The molecule has 6 nitrogen and oxygen atoms in total. The molecule has 0 aliphatic heterocycles. The van der Waals surface area contributed by atoms with E-state index < -0.39 is 5.97 Å². The number of rotatable bonds is 4. The van der Waals surface area contributed by atoms with Crippen molar-refractivity contribution in [1.29, 1.82) is 0 Å². The van der Waals surface area contributed by atoms with Gasteiger partial charge in [-0.2, -0.15) is 0 Å². The van der Waals surface area contributed by atoms with Gasteiger partial charge in [0.15, 0.2) is 0 Å². The minimum atomic E-state index is -0.465. The standard InChI is InChI=1S/C13H15N3O3/c1-8-6-16-11(19-8)7-15-10-5-3-4-9(12(10)14)13(17)18-2/h3-6,15H,7,14H2,1-2H3. The van der Waals surface area contributed by atoms with Gasteiger partial charge in [-0.05, 0) is 19.1 Å². The number of carbonyl (C=O) groups excluding carboxylic acids is 1. The molecule has 0 atom stereocenters. The maximum Gasteiger partial charge on any atom is 0.340 e. The van der Waals surface area contributed by atoms with E-state index in [1.165, 1.54) is 7.11 Å². The predicted molar refractivity (Wildman–Crippen MR) is 70.8 cm³/mol. The maximum absolute atomic E-state index is 11.5. The Balaban J connectivity index is 2.14. The number of nitrogens with two attached hydrogens (primary N) is 1. The molecule has 0 fully saturated rings.